The lowest BCUT2D eigenvalue weighted by atomic mass is 10.2. The normalized spacial score (nSPS) is 11.0. The minimum atomic E-state index is -4.00. The van der Waals surface area contributed by atoms with Gasteiger partial charge in [0.1, 0.15) is 11.4 Å². The summed E-state index contributed by atoms with van der Waals surface area (Å²) in [7, 11) is -2.51. The Morgan fingerprint density at radius 3 is 2.41 bits per heavy atom. The number of hydroxylamine groups is 1. The topological polar surface area (TPSA) is 105 Å². The number of ether oxygens (including phenoxy) is 2. The number of benzene rings is 2. The fourth-order valence-corrected chi connectivity index (χ4v) is 4.84. The van der Waals surface area contributed by atoms with E-state index in [2.05, 4.69) is 0 Å². The Balaban J connectivity index is 2.06. The number of sulfonamides is 1. The highest BCUT2D eigenvalue weighted by molar-refractivity contribution is 7.92. The summed E-state index contributed by atoms with van der Waals surface area (Å²) < 4.78 is 38.1. The van der Waals surface area contributed by atoms with Crippen LogP contribution in [0.2, 0.25) is 0 Å². The van der Waals surface area contributed by atoms with Gasteiger partial charge in [0.15, 0.2) is 5.75 Å². The summed E-state index contributed by atoms with van der Waals surface area (Å²) >= 11 is 1.16. The van der Waals surface area contributed by atoms with Gasteiger partial charge in [0.25, 0.3) is 10.0 Å². The Morgan fingerprint density at radius 2 is 1.79 bits per heavy atom. The summed E-state index contributed by atoms with van der Waals surface area (Å²) in [6.07, 6.45) is -1.12. The maximum absolute atomic E-state index is 13.4. The van der Waals surface area contributed by atoms with E-state index in [-0.39, 0.29) is 22.9 Å². The maximum atomic E-state index is 13.4. The van der Waals surface area contributed by atoms with Gasteiger partial charge >= 0.3 is 6.09 Å². The Kier molecular flexibility index (Phi) is 6.37. The molecular formula is C19H18N2O6S2. The van der Waals surface area contributed by atoms with Crippen molar-refractivity contribution in [2.75, 3.05) is 11.4 Å². The van der Waals surface area contributed by atoms with E-state index in [4.69, 9.17) is 14.7 Å². The highest BCUT2D eigenvalue weighted by Gasteiger charge is 2.29. The zero-order chi connectivity index (χ0) is 20.9. The first kappa shape index (κ1) is 20.6. The van der Waals surface area contributed by atoms with Crippen LogP contribution in [0.1, 0.15) is 5.56 Å². The number of hydrogen-bond acceptors (Lipinski definition) is 7. The fourth-order valence-electron chi connectivity index (χ4n) is 2.58. The molecule has 0 fully saturated rings. The van der Waals surface area contributed by atoms with E-state index in [0.717, 1.165) is 21.2 Å². The Labute approximate surface area is 171 Å². The number of hydrogen-bond donors (Lipinski definition) is 2. The molecule has 2 N–H and O–H groups in total. The smallest absolute Gasteiger partial charge is 0.436 e. The van der Waals surface area contributed by atoms with E-state index in [9.17, 15) is 13.2 Å². The van der Waals surface area contributed by atoms with E-state index < -0.39 is 16.1 Å². The third kappa shape index (κ3) is 4.67. The molecule has 152 valence electrons. The van der Waals surface area contributed by atoms with Crippen LogP contribution in [0.3, 0.4) is 0 Å². The first-order chi connectivity index (χ1) is 14.0. The van der Waals surface area contributed by atoms with Crippen molar-refractivity contribution >= 4 is 33.1 Å². The summed E-state index contributed by atoms with van der Waals surface area (Å²) in [5, 5.41) is 11.8. The van der Waals surface area contributed by atoms with Crippen molar-refractivity contribution in [1.82, 2.24) is 5.48 Å². The number of amides is 1. The predicted molar refractivity (Wildman–Crippen MR) is 108 cm³/mol. The number of thiophene rings is 1. The number of nitrogens with zero attached hydrogens (tertiary/aromatic N) is 1. The molecule has 1 heterocycles. The molecule has 29 heavy (non-hydrogen) atoms. The second-order valence-corrected chi connectivity index (χ2v) is 8.40. The van der Waals surface area contributed by atoms with Crippen LogP contribution in [0.5, 0.6) is 11.5 Å². The van der Waals surface area contributed by atoms with Crippen LogP contribution in [0.15, 0.2) is 70.3 Å². The summed E-state index contributed by atoms with van der Waals surface area (Å²) in [5.41, 5.74) is 2.29. The molecule has 0 aliphatic carbocycles. The molecule has 0 saturated heterocycles. The summed E-state index contributed by atoms with van der Waals surface area (Å²) in [6.45, 7) is 0.0169. The number of methoxy groups -OCH3 is 1. The van der Waals surface area contributed by atoms with Crippen molar-refractivity contribution in [1.29, 1.82) is 0 Å². The minimum absolute atomic E-state index is 0.00886. The number of rotatable bonds is 7. The van der Waals surface area contributed by atoms with Crippen LogP contribution < -0.4 is 19.3 Å². The van der Waals surface area contributed by atoms with Crippen LogP contribution in [-0.4, -0.2) is 26.8 Å². The van der Waals surface area contributed by atoms with Crippen LogP contribution in [0, 0.1) is 0 Å². The summed E-state index contributed by atoms with van der Waals surface area (Å²) in [6, 6.07) is 15.0. The van der Waals surface area contributed by atoms with Gasteiger partial charge in [-0.3, -0.25) is 9.51 Å². The molecule has 2 aromatic carbocycles. The largest absolute Gasteiger partial charge is 0.497 e. The van der Waals surface area contributed by atoms with E-state index in [1.807, 2.05) is 6.07 Å². The molecular weight excluding hydrogens is 416 g/mol. The number of nitrogens with one attached hydrogen (secondary N) is 1. The molecule has 0 bridgehead atoms. The van der Waals surface area contributed by atoms with Gasteiger partial charge in [-0.25, -0.2) is 18.7 Å². The first-order valence-electron chi connectivity index (χ1n) is 8.34. The van der Waals surface area contributed by atoms with Crippen LogP contribution in [-0.2, 0) is 16.6 Å². The zero-order valence-electron chi connectivity index (χ0n) is 15.3. The minimum Gasteiger partial charge on any atom is -0.497 e. The lowest BCUT2D eigenvalue weighted by Gasteiger charge is -2.24. The van der Waals surface area contributed by atoms with Gasteiger partial charge in [-0.05, 0) is 29.8 Å². The standard InChI is InChI=1S/C19H18N2O6S2/c1-26-15-7-9-16(10-8-15)29(24,25)21(11-14-5-3-2-4-6-14)17-12-28-13-18(17)27-19(22)20-23/h2-10,12-13,23H,11H2,1H3,(H,20,22). The van der Waals surface area contributed by atoms with Crippen LogP contribution >= 0.6 is 11.3 Å². The molecule has 0 saturated carbocycles. The average Bonchev–Trinajstić information content (AvgIpc) is 3.20. The predicted octanol–water partition coefficient (Wildman–Crippen LogP) is 3.63. The highest BCUT2D eigenvalue weighted by atomic mass is 32.2. The molecule has 1 aromatic heterocycles. The van der Waals surface area contributed by atoms with Gasteiger partial charge < -0.3 is 9.47 Å². The third-order valence-corrected chi connectivity index (χ3v) is 6.47. The molecule has 3 aromatic rings. The van der Waals surface area contributed by atoms with Crippen molar-refractivity contribution in [3.05, 3.63) is 70.9 Å². The lowest BCUT2D eigenvalue weighted by Crippen LogP contribution is -2.31. The summed E-state index contributed by atoms with van der Waals surface area (Å²) in [5.74, 6) is 0.535. The molecule has 0 atom stereocenters. The van der Waals surface area contributed by atoms with Crippen molar-refractivity contribution in [3.8, 4) is 11.5 Å². The van der Waals surface area contributed by atoms with Crippen molar-refractivity contribution < 1.29 is 27.9 Å². The van der Waals surface area contributed by atoms with Gasteiger partial charge in [-0.1, -0.05) is 30.3 Å². The second kappa shape index (κ2) is 8.95. The molecule has 0 unspecified atom stereocenters. The van der Waals surface area contributed by atoms with Crippen molar-refractivity contribution in [2.45, 2.75) is 11.4 Å². The molecule has 10 heteroatoms. The van der Waals surface area contributed by atoms with E-state index in [0.29, 0.717) is 5.75 Å². The molecule has 0 aliphatic heterocycles. The van der Waals surface area contributed by atoms with E-state index in [1.165, 1.54) is 30.1 Å². The highest BCUT2D eigenvalue weighted by Crippen LogP contribution is 2.37. The van der Waals surface area contributed by atoms with Gasteiger partial charge in [-0.15, -0.1) is 11.3 Å². The molecule has 1 amide bonds. The quantitative estimate of drug-likeness (QED) is 0.435. The zero-order valence-corrected chi connectivity index (χ0v) is 16.9. The van der Waals surface area contributed by atoms with Crippen molar-refractivity contribution in [2.24, 2.45) is 0 Å². The molecule has 0 aliphatic rings. The number of carbonyl (C=O) groups is 1. The Hall–Kier alpha value is -3.08. The van der Waals surface area contributed by atoms with E-state index >= 15 is 0 Å². The monoisotopic (exact) mass is 434 g/mol. The van der Waals surface area contributed by atoms with E-state index in [1.54, 1.807) is 41.8 Å². The molecule has 0 spiro atoms. The second-order valence-electron chi connectivity index (χ2n) is 5.80. The SMILES string of the molecule is COc1ccc(S(=O)(=O)N(Cc2ccccc2)c2cscc2OC(=O)NO)cc1. The number of carbonyl (C=O) groups excluding carboxylic acids is 1. The Bertz CT molecular complexity index is 1070. The van der Waals surface area contributed by atoms with Gasteiger partial charge in [0.2, 0.25) is 0 Å². The molecule has 0 radical (unpaired) electrons. The van der Waals surface area contributed by atoms with Gasteiger partial charge in [-0.2, -0.15) is 0 Å². The van der Waals surface area contributed by atoms with Crippen molar-refractivity contribution in [3.63, 3.8) is 0 Å². The first-order valence-corrected chi connectivity index (χ1v) is 10.7. The van der Waals surface area contributed by atoms with Crippen LogP contribution in [0.4, 0.5) is 10.5 Å². The fraction of sp³-hybridized carbons (Fsp3) is 0.105. The Morgan fingerprint density at radius 1 is 1.10 bits per heavy atom. The maximum Gasteiger partial charge on any atom is 0.436 e. The summed E-state index contributed by atoms with van der Waals surface area (Å²) in [4.78, 5) is 11.5. The van der Waals surface area contributed by atoms with Gasteiger partial charge in [0.05, 0.1) is 18.6 Å². The molecule has 8 nitrogen and oxygen atoms in total. The third-order valence-electron chi connectivity index (χ3n) is 3.99. The lowest BCUT2D eigenvalue weighted by molar-refractivity contribution is 0.128. The molecule has 3 rings (SSSR count). The van der Waals surface area contributed by atoms with Crippen LogP contribution in [0.25, 0.3) is 0 Å². The van der Waals surface area contributed by atoms with Gasteiger partial charge in [0, 0.05) is 10.8 Å². The number of anilines is 1. The average molecular weight is 434 g/mol.